The van der Waals surface area contributed by atoms with Gasteiger partial charge in [-0.2, -0.15) is 0 Å². The van der Waals surface area contributed by atoms with Crippen molar-refractivity contribution in [2.75, 3.05) is 26.7 Å². The highest BCUT2D eigenvalue weighted by molar-refractivity contribution is 4.61. The molecule has 2 heteroatoms. The van der Waals surface area contributed by atoms with Crippen LogP contribution in [0.4, 0.5) is 0 Å². The van der Waals surface area contributed by atoms with E-state index in [1.54, 1.807) is 0 Å². The minimum absolute atomic E-state index is 0.685. The largest absolute Gasteiger partial charge is 0.314 e. The van der Waals surface area contributed by atoms with E-state index in [1.165, 1.54) is 45.2 Å². The molecule has 0 bridgehead atoms. The molecule has 0 aliphatic carbocycles. The number of nitrogens with one attached hydrogen (secondary N) is 1. The SMILES string of the molecule is CCCCN(C)CCCC(C)NCCC. The van der Waals surface area contributed by atoms with Crippen molar-refractivity contribution in [3.63, 3.8) is 0 Å². The maximum atomic E-state index is 3.53. The fraction of sp³-hybridized carbons (Fsp3) is 1.00. The van der Waals surface area contributed by atoms with Gasteiger partial charge in [-0.15, -0.1) is 0 Å². The van der Waals surface area contributed by atoms with Gasteiger partial charge in [0.05, 0.1) is 0 Å². The fourth-order valence-electron chi connectivity index (χ4n) is 1.70. The lowest BCUT2D eigenvalue weighted by Gasteiger charge is -2.18. The standard InChI is InChI=1S/C13H30N2/c1-5-7-11-15(4)12-8-9-13(3)14-10-6-2/h13-14H,5-12H2,1-4H3. The van der Waals surface area contributed by atoms with Crippen LogP contribution in [0.5, 0.6) is 0 Å². The Labute approximate surface area is 96.4 Å². The van der Waals surface area contributed by atoms with Crippen LogP contribution in [0.3, 0.4) is 0 Å². The molecule has 0 aromatic rings. The lowest BCUT2D eigenvalue weighted by atomic mass is 10.1. The van der Waals surface area contributed by atoms with Gasteiger partial charge < -0.3 is 10.2 Å². The smallest absolute Gasteiger partial charge is 0.00391 e. The van der Waals surface area contributed by atoms with E-state index in [0.717, 1.165) is 6.54 Å². The molecule has 0 spiro atoms. The highest BCUT2D eigenvalue weighted by Crippen LogP contribution is 1.99. The Morgan fingerprint density at radius 3 is 2.33 bits per heavy atom. The lowest BCUT2D eigenvalue weighted by Crippen LogP contribution is -2.28. The van der Waals surface area contributed by atoms with Crippen LogP contribution in [-0.2, 0) is 0 Å². The molecule has 1 unspecified atom stereocenters. The maximum absolute atomic E-state index is 3.53. The Bertz CT molecular complexity index is 112. The molecule has 0 aromatic heterocycles. The van der Waals surface area contributed by atoms with Crippen LogP contribution in [0.15, 0.2) is 0 Å². The van der Waals surface area contributed by atoms with Crippen molar-refractivity contribution in [2.24, 2.45) is 0 Å². The minimum Gasteiger partial charge on any atom is -0.314 e. The second-order valence-corrected chi connectivity index (χ2v) is 4.65. The van der Waals surface area contributed by atoms with Gasteiger partial charge in [0, 0.05) is 6.04 Å². The van der Waals surface area contributed by atoms with E-state index in [0.29, 0.717) is 6.04 Å². The first-order chi connectivity index (χ1) is 7.20. The van der Waals surface area contributed by atoms with Crippen molar-refractivity contribution in [1.82, 2.24) is 10.2 Å². The van der Waals surface area contributed by atoms with Gasteiger partial charge in [0.1, 0.15) is 0 Å². The van der Waals surface area contributed by atoms with E-state index < -0.39 is 0 Å². The third kappa shape index (κ3) is 10.2. The predicted molar refractivity (Wildman–Crippen MR) is 69.4 cm³/mol. The first-order valence-corrected chi connectivity index (χ1v) is 6.62. The van der Waals surface area contributed by atoms with Crippen LogP contribution in [0.1, 0.15) is 52.9 Å². The van der Waals surface area contributed by atoms with E-state index in [1.807, 2.05) is 0 Å². The number of unbranched alkanes of at least 4 members (excludes halogenated alkanes) is 1. The van der Waals surface area contributed by atoms with E-state index in [-0.39, 0.29) is 0 Å². The molecule has 92 valence electrons. The van der Waals surface area contributed by atoms with Gasteiger partial charge in [-0.3, -0.25) is 0 Å². The molecule has 0 heterocycles. The van der Waals surface area contributed by atoms with E-state index in [9.17, 15) is 0 Å². The molecule has 2 nitrogen and oxygen atoms in total. The molecule has 0 fully saturated rings. The third-order valence-corrected chi connectivity index (χ3v) is 2.81. The van der Waals surface area contributed by atoms with Crippen molar-refractivity contribution in [3.05, 3.63) is 0 Å². The summed E-state index contributed by atoms with van der Waals surface area (Å²) in [7, 11) is 2.24. The summed E-state index contributed by atoms with van der Waals surface area (Å²) in [5.74, 6) is 0. The Morgan fingerprint density at radius 2 is 1.73 bits per heavy atom. The van der Waals surface area contributed by atoms with Crippen molar-refractivity contribution in [1.29, 1.82) is 0 Å². The topological polar surface area (TPSA) is 15.3 Å². The zero-order valence-corrected chi connectivity index (χ0v) is 11.2. The molecule has 0 aromatic carbocycles. The van der Waals surface area contributed by atoms with Crippen molar-refractivity contribution in [3.8, 4) is 0 Å². The lowest BCUT2D eigenvalue weighted by molar-refractivity contribution is 0.312. The Morgan fingerprint density at radius 1 is 1.07 bits per heavy atom. The van der Waals surface area contributed by atoms with Crippen molar-refractivity contribution in [2.45, 2.75) is 58.9 Å². The maximum Gasteiger partial charge on any atom is 0.00391 e. The quantitative estimate of drug-likeness (QED) is 0.601. The molecular formula is C13H30N2. The molecular weight excluding hydrogens is 184 g/mol. The summed E-state index contributed by atoms with van der Waals surface area (Å²) in [4.78, 5) is 2.45. The molecule has 1 N–H and O–H groups in total. The van der Waals surface area contributed by atoms with E-state index in [4.69, 9.17) is 0 Å². The highest BCUT2D eigenvalue weighted by Gasteiger charge is 2.01. The van der Waals surface area contributed by atoms with E-state index in [2.05, 4.69) is 38.0 Å². The molecule has 0 aliphatic rings. The number of hydrogen-bond donors (Lipinski definition) is 1. The van der Waals surface area contributed by atoms with Gasteiger partial charge in [-0.05, 0) is 59.3 Å². The molecule has 15 heavy (non-hydrogen) atoms. The molecule has 0 amide bonds. The Kier molecular flexibility index (Phi) is 10.4. The van der Waals surface area contributed by atoms with Gasteiger partial charge in [-0.25, -0.2) is 0 Å². The number of nitrogens with zero attached hydrogens (tertiary/aromatic N) is 1. The molecule has 0 radical (unpaired) electrons. The van der Waals surface area contributed by atoms with Crippen molar-refractivity contribution >= 4 is 0 Å². The van der Waals surface area contributed by atoms with Gasteiger partial charge in [0.25, 0.3) is 0 Å². The summed E-state index contributed by atoms with van der Waals surface area (Å²) in [6.07, 6.45) is 6.49. The summed E-state index contributed by atoms with van der Waals surface area (Å²) in [6, 6.07) is 0.685. The summed E-state index contributed by atoms with van der Waals surface area (Å²) in [5.41, 5.74) is 0. The first-order valence-electron chi connectivity index (χ1n) is 6.62. The summed E-state index contributed by atoms with van der Waals surface area (Å²) in [6.45, 7) is 10.4. The van der Waals surface area contributed by atoms with Crippen LogP contribution in [0.2, 0.25) is 0 Å². The zero-order valence-electron chi connectivity index (χ0n) is 11.2. The normalized spacial score (nSPS) is 13.4. The van der Waals surface area contributed by atoms with Crippen molar-refractivity contribution < 1.29 is 0 Å². The number of hydrogen-bond acceptors (Lipinski definition) is 2. The molecule has 0 rings (SSSR count). The van der Waals surface area contributed by atoms with Gasteiger partial charge in [0.15, 0.2) is 0 Å². The third-order valence-electron chi connectivity index (χ3n) is 2.81. The summed E-state index contributed by atoms with van der Waals surface area (Å²) >= 11 is 0. The average Bonchev–Trinajstić information content (AvgIpc) is 2.23. The van der Waals surface area contributed by atoms with E-state index >= 15 is 0 Å². The Balaban J connectivity index is 3.27. The molecule has 0 saturated carbocycles. The molecule has 0 saturated heterocycles. The van der Waals surface area contributed by atoms with Crippen LogP contribution < -0.4 is 5.32 Å². The predicted octanol–water partition coefficient (Wildman–Crippen LogP) is 2.89. The summed E-state index contributed by atoms with van der Waals surface area (Å²) < 4.78 is 0. The minimum atomic E-state index is 0.685. The zero-order chi connectivity index (χ0) is 11.5. The Hall–Kier alpha value is -0.0800. The fourth-order valence-corrected chi connectivity index (χ4v) is 1.70. The van der Waals surface area contributed by atoms with Crippen LogP contribution in [0.25, 0.3) is 0 Å². The second-order valence-electron chi connectivity index (χ2n) is 4.65. The van der Waals surface area contributed by atoms with Gasteiger partial charge >= 0.3 is 0 Å². The van der Waals surface area contributed by atoms with Gasteiger partial charge in [0.2, 0.25) is 0 Å². The van der Waals surface area contributed by atoms with Crippen LogP contribution in [0, 0.1) is 0 Å². The molecule has 0 aliphatic heterocycles. The van der Waals surface area contributed by atoms with Crippen LogP contribution in [-0.4, -0.2) is 37.6 Å². The monoisotopic (exact) mass is 214 g/mol. The molecule has 1 atom stereocenters. The van der Waals surface area contributed by atoms with Gasteiger partial charge in [-0.1, -0.05) is 20.3 Å². The average molecular weight is 214 g/mol. The highest BCUT2D eigenvalue weighted by atomic mass is 15.1. The second kappa shape index (κ2) is 10.4. The van der Waals surface area contributed by atoms with Crippen LogP contribution >= 0.6 is 0 Å². The summed E-state index contributed by atoms with van der Waals surface area (Å²) in [5, 5.41) is 3.53. The first kappa shape index (κ1) is 14.9. The number of rotatable bonds is 10.